The Kier molecular flexibility index (Phi) is 6.38. The van der Waals surface area contributed by atoms with Gasteiger partial charge in [-0.1, -0.05) is 18.2 Å². The lowest BCUT2D eigenvalue weighted by Gasteiger charge is -2.21. The molecule has 0 radical (unpaired) electrons. The van der Waals surface area contributed by atoms with E-state index in [1.807, 2.05) is 0 Å². The number of carbonyl (C=O) groups excluding carboxylic acids is 2. The molecular formula is C20H19N3O5S2. The molecular weight excluding hydrogens is 426 g/mol. The smallest absolute Gasteiger partial charge is 0.279 e. The summed E-state index contributed by atoms with van der Waals surface area (Å²) in [6.45, 7) is 0. The van der Waals surface area contributed by atoms with Gasteiger partial charge in [0, 0.05) is 12.6 Å². The summed E-state index contributed by atoms with van der Waals surface area (Å²) in [6, 6.07) is 15.5. The highest BCUT2D eigenvalue weighted by atomic mass is 32.2. The first-order chi connectivity index (χ1) is 14.3. The molecule has 0 aliphatic carbocycles. The summed E-state index contributed by atoms with van der Waals surface area (Å²) >= 11 is 1.24. The van der Waals surface area contributed by atoms with E-state index in [9.17, 15) is 18.0 Å². The van der Waals surface area contributed by atoms with Gasteiger partial charge < -0.3 is 4.74 Å². The molecule has 2 aromatic carbocycles. The molecule has 3 aromatic rings. The highest BCUT2D eigenvalue weighted by Gasteiger charge is 2.24. The van der Waals surface area contributed by atoms with Crippen molar-refractivity contribution in [1.29, 1.82) is 0 Å². The minimum Gasteiger partial charge on any atom is -0.495 e. The Morgan fingerprint density at radius 3 is 2.23 bits per heavy atom. The third-order valence-electron chi connectivity index (χ3n) is 4.23. The minimum atomic E-state index is -3.87. The van der Waals surface area contributed by atoms with Crippen LogP contribution in [0, 0.1) is 0 Å². The summed E-state index contributed by atoms with van der Waals surface area (Å²) in [5.74, 6) is -0.584. The Balaban J connectivity index is 1.72. The molecule has 0 saturated heterocycles. The molecule has 156 valence electrons. The van der Waals surface area contributed by atoms with Crippen molar-refractivity contribution < 1.29 is 22.7 Å². The molecule has 8 nitrogen and oxygen atoms in total. The van der Waals surface area contributed by atoms with Crippen LogP contribution in [0.4, 0.5) is 5.69 Å². The predicted octanol–water partition coefficient (Wildman–Crippen LogP) is 2.66. The molecule has 0 atom stereocenters. The van der Waals surface area contributed by atoms with E-state index in [1.165, 1.54) is 49.8 Å². The third kappa shape index (κ3) is 4.44. The highest BCUT2D eigenvalue weighted by Crippen LogP contribution is 2.30. The van der Waals surface area contributed by atoms with E-state index in [0.29, 0.717) is 16.3 Å². The summed E-state index contributed by atoms with van der Waals surface area (Å²) in [5.41, 5.74) is 5.19. The van der Waals surface area contributed by atoms with Crippen LogP contribution in [0.1, 0.15) is 20.0 Å². The van der Waals surface area contributed by atoms with E-state index in [-0.39, 0.29) is 10.5 Å². The zero-order valence-corrected chi connectivity index (χ0v) is 17.8. The molecule has 2 amide bonds. The number of hydrogen-bond donors (Lipinski definition) is 2. The number of methoxy groups -OCH3 is 1. The fourth-order valence-corrected chi connectivity index (χ4v) is 4.44. The van der Waals surface area contributed by atoms with Crippen LogP contribution in [0.15, 0.2) is 70.9 Å². The van der Waals surface area contributed by atoms with Gasteiger partial charge in [-0.25, -0.2) is 8.42 Å². The van der Waals surface area contributed by atoms with Crippen LogP contribution in [0.5, 0.6) is 5.75 Å². The van der Waals surface area contributed by atoms with E-state index in [2.05, 4.69) is 10.9 Å². The number of benzene rings is 2. The summed E-state index contributed by atoms with van der Waals surface area (Å²) in [4.78, 5) is 24.6. The maximum atomic E-state index is 12.9. The van der Waals surface area contributed by atoms with Crippen LogP contribution >= 0.6 is 11.3 Å². The van der Waals surface area contributed by atoms with E-state index >= 15 is 0 Å². The zero-order chi connectivity index (χ0) is 21.7. The van der Waals surface area contributed by atoms with E-state index in [0.717, 1.165) is 4.31 Å². The molecule has 30 heavy (non-hydrogen) atoms. The van der Waals surface area contributed by atoms with Gasteiger partial charge in [0.2, 0.25) is 0 Å². The first-order valence-corrected chi connectivity index (χ1v) is 11.0. The lowest BCUT2D eigenvalue weighted by molar-refractivity contribution is 0.0849. The molecule has 1 heterocycles. The average Bonchev–Trinajstić information content (AvgIpc) is 3.31. The summed E-state index contributed by atoms with van der Waals surface area (Å²) in [6.07, 6.45) is 0. The number of thiophene rings is 1. The topological polar surface area (TPSA) is 105 Å². The van der Waals surface area contributed by atoms with Crippen molar-refractivity contribution in [3.05, 3.63) is 76.5 Å². The summed E-state index contributed by atoms with van der Waals surface area (Å²) in [7, 11) is -0.982. The van der Waals surface area contributed by atoms with Crippen molar-refractivity contribution in [2.24, 2.45) is 0 Å². The molecule has 0 saturated carbocycles. The standard InChI is InChI=1S/C20H19N3O5S2/c1-23(16-6-3-4-7-17(16)28-2)30(26,27)15-11-9-14(10-12-15)19(24)21-22-20(25)18-8-5-13-29-18/h3-13H,1-2H3,(H,21,24)(H,22,25). The number of nitrogens with one attached hydrogen (secondary N) is 2. The van der Waals surface area contributed by atoms with Gasteiger partial charge in [-0.2, -0.15) is 0 Å². The predicted molar refractivity (Wildman–Crippen MR) is 114 cm³/mol. The SMILES string of the molecule is COc1ccccc1N(C)S(=O)(=O)c1ccc(C(=O)NNC(=O)c2cccs2)cc1. The minimum absolute atomic E-state index is 0.00933. The second-order valence-electron chi connectivity index (χ2n) is 6.05. The van der Waals surface area contributed by atoms with E-state index in [1.54, 1.807) is 41.8 Å². The Bertz CT molecular complexity index is 1140. The highest BCUT2D eigenvalue weighted by molar-refractivity contribution is 7.92. The lowest BCUT2D eigenvalue weighted by atomic mass is 10.2. The molecule has 0 fully saturated rings. The Labute approximate surface area is 178 Å². The number of hydrazine groups is 1. The normalized spacial score (nSPS) is 10.9. The van der Waals surface area contributed by atoms with Crippen LogP contribution in [0.3, 0.4) is 0 Å². The van der Waals surface area contributed by atoms with Gasteiger partial charge in [0.1, 0.15) is 5.75 Å². The van der Waals surface area contributed by atoms with E-state index < -0.39 is 21.8 Å². The maximum Gasteiger partial charge on any atom is 0.279 e. The summed E-state index contributed by atoms with van der Waals surface area (Å²) in [5, 5.41) is 1.75. The largest absolute Gasteiger partial charge is 0.495 e. The third-order valence-corrected chi connectivity index (χ3v) is 6.89. The number of carbonyl (C=O) groups is 2. The van der Waals surface area contributed by atoms with Gasteiger partial charge in [0.15, 0.2) is 0 Å². The Morgan fingerprint density at radius 1 is 0.933 bits per heavy atom. The Morgan fingerprint density at radius 2 is 1.60 bits per heavy atom. The molecule has 10 heteroatoms. The van der Waals surface area contributed by atoms with Gasteiger partial charge in [-0.15, -0.1) is 11.3 Å². The van der Waals surface area contributed by atoms with Crippen LogP contribution in [0.25, 0.3) is 0 Å². The van der Waals surface area contributed by atoms with Gasteiger partial charge in [-0.05, 0) is 47.8 Å². The van der Waals surface area contributed by atoms with Crippen LogP contribution in [-0.4, -0.2) is 34.4 Å². The number of hydrogen-bond acceptors (Lipinski definition) is 6. The number of sulfonamides is 1. The van der Waals surface area contributed by atoms with Crippen LogP contribution in [-0.2, 0) is 10.0 Å². The van der Waals surface area contributed by atoms with Crippen molar-refractivity contribution >= 4 is 38.9 Å². The monoisotopic (exact) mass is 445 g/mol. The van der Waals surface area contributed by atoms with Gasteiger partial charge in [-0.3, -0.25) is 24.7 Å². The Hall–Kier alpha value is -3.37. The fraction of sp³-hybridized carbons (Fsp3) is 0.100. The number of amides is 2. The van der Waals surface area contributed by atoms with Crippen molar-refractivity contribution in [3.8, 4) is 5.75 Å². The quantitative estimate of drug-likeness (QED) is 0.568. The first-order valence-electron chi connectivity index (χ1n) is 8.71. The molecule has 0 aliphatic heterocycles. The van der Waals surface area contributed by atoms with Gasteiger partial charge >= 0.3 is 0 Å². The molecule has 0 spiro atoms. The molecule has 1 aromatic heterocycles. The molecule has 0 unspecified atom stereocenters. The number of rotatable bonds is 6. The zero-order valence-electron chi connectivity index (χ0n) is 16.2. The van der Waals surface area contributed by atoms with Gasteiger partial charge in [0.25, 0.3) is 21.8 Å². The lowest BCUT2D eigenvalue weighted by Crippen LogP contribution is -2.41. The fourth-order valence-electron chi connectivity index (χ4n) is 2.61. The second-order valence-corrected chi connectivity index (χ2v) is 8.97. The molecule has 0 aliphatic rings. The first kappa shape index (κ1) is 21.3. The van der Waals surface area contributed by atoms with E-state index in [4.69, 9.17) is 4.74 Å². The van der Waals surface area contributed by atoms with Crippen molar-refractivity contribution in [2.45, 2.75) is 4.90 Å². The van der Waals surface area contributed by atoms with Crippen LogP contribution in [0.2, 0.25) is 0 Å². The van der Waals surface area contributed by atoms with Crippen LogP contribution < -0.4 is 19.9 Å². The number of anilines is 1. The number of nitrogens with zero attached hydrogens (tertiary/aromatic N) is 1. The number of ether oxygens (including phenoxy) is 1. The molecule has 3 rings (SSSR count). The average molecular weight is 446 g/mol. The summed E-state index contributed by atoms with van der Waals surface area (Å²) < 4.78 is 32.2. The van der Waals surface area contributed by atoms with Gasteiger partial charge in [0.05, 0.1) is 22.6 Å². The maximum absolute atomic E-state index is 12.9. The van der Waals surface area contributed by atoms with Crippen molar-refractivity contribution in [2.75, 3.05) is 18.5 Å². The van der Waals surface area contributed by atoms with Crippen molar-refractivity contribution in [1.82, 2.24) is 10.9 Å². The number of para-hydroxylation sites is 2. The molecule has 0 bridgehead atoms. The van der Waals surface area contributed by atoms with Crippen molar-refractivity contribution in [3.63, 3.8) is 0 Å². The molecule has 2 N–H and O–H groups in total. The second kappa shape index (κ2) is 8.97.